The fourth-order valence-electron chi connectivity index (χ4n) is 2.25. The minimum Gasteiger partial charge on any atom is -0.381 e. The van der Waals surface area contributed by atoms with Gasteiger partial charge in [-0.1, -0.05) is 23.7 Å². The van der Waals surface area contributed by atoms with Crippen LogP contribution in [-0.4, -0.2) is 20.3 Å². The highest BCUT2D eigenvalue weighted by atomic mass is 35.5. The summed E-state index contributed by atoms with van der Waals surface area (Å²) in [5.41, 5.74) is 1.27. The fourth-order valence-corrected chi connectivity index (χ4v) is 2.45. The van der Waals surface area contributed by atoms with E-state index in [9.17, 15) is 0 Å². The monoisotopic (exact) mass is 239 g/mol. The van der Waals surface area contributed by atoms with Crippen LogP contribution in [0, 0.1) is 5.92 Å². The summed E-state index contributed by atoms with van der Waals surface area (Å²) in [4.78, 5) is 0. The second-order valence-corrected chi connectivity index (χ2v) is 4.80. The van der Waals surface area contributed by atoms with Gasteiger partial charge >= 0.3 is 0 Å². The van der Waals surface area contributed by atoms with Gasteiger partial charge in [-0.3, -0.25) is 0 Å². The zero-order valence-corrected chi connectivity index (χ0v) is 10.3. The van der Waals surface area contributed by atoms with E-state index in [0.717, 1.165) is 24.7 Å². The third-order valence-electron chi connectivity index (χ3n) is 3.19. The summed E-state index contributed by atoms with van der Waals surface area (Å²) in [5.74, 6) is 0.677. The number of rotatable bonds is 4. The van der Waals surface area contributed by atoms with Gasteiger partial charge in [0.2, 0.25) is 0 Å². The molecule has 0 amide bonds. The van der Waals surface area contributed by atoms with Crippen LogP contribution >= 0.6 is 11.6 Å². The van der Waals surface area contributed by atoms with Gasteiger partial charge in [0.15, 0.2) is 0 Å². The molecule has 1 aliphatic heterocycles. The number of hydrogen-bond acceptors (Lipinski definition) is 2. The molecule has 1 aromatic rings. The SMILES string of the molecule is CNC(CC1CCOC1)c1cccc(Cl)c1. The van der Waals surface area contributed by atoms with E-state index in [4.69, 9.17) is 16.3 Å². The van der Waals surface area contributed by atoms with Crippen molar-refractivity contribution < 1.29 is 4.74 Å². The van der Waals surface area contributed by atoms with Crippen molar-refractivity contribution in [3.8, 4) is 0 Å². The van der Waals surface area contributed by atoms with Gasteiger partial charge in [0.1, 0.15) is 0 Å². The molecule has 2 nitrogen and oxygen atoms in total. The third-order valence-corrected chi connectivity index (χ3v) is 3.43. The molecule has 1 N–H and O–H groups in total. The maximum absolute atomic E-state index is 6.01. The number of halogens is 1. The molecule has 1 fully saturated rings. The number of hydrogen-bond donors (Lipinski definition) is 1. The van der Waals surface area contributed by atoms with Gasteiger partial charge in [-0.25, -0.2) is 0 Å². The fraction of sp³-hybridized carbons (Fsp3) is 0.538. The van der Waals surface area contributed by atoms with Crippen molar-refractivity contribution in [2.45, 2.75) is 18.9 Å². The topological polar surface area (TPSA) is 21.3 Å². The van der Waals surface area contributed by atoms with Crippen LogP contribution in [0.1, 0.15) is 24.4 Å². The minimum atomic E-state index is 0.380. The van der Waals surface area contributed by atoms with Crippen LogP contribution in [0.3, 0.4) is 0 Å². The van der Waals surface area contributed by atoms with Crippen molar-refractivity contribution in [1.82, 2.24) is 5.32 Å². The van der Waals surface area contributed by atoms with E-state index >= 15 is 0 Å². The molecule has 1 heterocycles. The highest BCUT2D eigenvalue weighted by molar-refractivity contribution is 6.30. The first-order valence-corrected chi connectivity index (χ1v) is 6.18. The maximum atomic E-state index is 6.01. The van der Waals surface area contributed by atoms with E-state index in [1.54, 1.807) is 0 Å². The molecular formula is C13H18ClNO. The van der Waals surface area contributed by atoms with E-state index in [2.05, 4.69) is 11.4 Å². The highest BCUT2D eigenvalue weighted by Gasteiger charge is 2.20. The molecule has 2 atom stereocenters. The van der Waals surface area contributed by atoms with Crippen LogP contribution in [0.4, 0.5) is 0 Å². The highest BCUT2D eigenvalue weighted by Crippen LogP contribution is 2.27. The predicted molar refractivity (Wildman–Crippen MR) is 66.8 cm³/mol. The quantitative estimate of drug-likeness (QED) is 0.872. The van der Waals surface area contributed by atoms with Crippen molar-refractivity contribution in [2.24, 2.45) is 5.92 Å². The smallest absolute Gasteiger partial charge is 0.0495 e. The van der Waals surface area contributed by atoms with Crippen molar-refractivity contribution in [3.05, 3.63) is 34.9 Å². The lowest BCUT2D eigenvalue weighted by Gasteiger charge is -2.19. The lowest BCUT2D eigenvalue weighted by Crippen LogP contribution is -2.20. The third kappa shape index (κ3) is 2.97. The molecule has 3 heteroatoms. The summed E-state index contributed by atoms with van der Waals surface area (Å²) in [6.45, 7) is 1.81. The van der Waals surface area contributed by atoms with Crippen molar-refractivity contribution in [1.29, 1.82) is 0 Å². The van der Waals surface area contributed by atoms with Crippen LogP contribution in [0.25, 0.3) is 0 Å². The molecule has 88 valence electrons. The van der Waals surface area contributed by atoms with Gasteiger partial charge in [0.05, 0.1) is 0 Å². The lowest BCUT2D eigenvalue weighted by atomic mass is 9.94. The van der Waals surface area contributed by atoms with Gasteiger partial charge in [0, 0.05) is 24.3 Å². The molecule has 0 radical (unpaired) electrons. The Morgan fingerprint density at radius 2 is 2.44 bits per heavy atom. The van der Waals surface area contributed by atoms with Gasteiger partial charge in [-0.15, -0.1) is 0 Å². The maximum Gasteiger partial charge on any atom is 0.0495 e. The summed E-state index contributed by atoms with van der Waals surface area (Å²) >= 11 is 6.01. The molecule has 0 aliphatic carbocycles. The van der Waals surface area contributed by atoms with Crippen molar-refractivity contribution >= 4 is 11.6 Å². The number of nitrogens with one attached hydrogen (secondary N) is 1. The first kappa shape index (κ1) is 11.9. The minimum absolute atomic E-state index is 0.380. The van der Waals surface area contributed by atoms with E-state index < -0.39 is 0 Å². The zero-order valence-electron chi connectivity index (χ0n) is 9.58. The molecule has 2 unspecified atom stereocenters. The first-order chi connectivity index (χ1) is 7.79. The number of ether oxygens (including phenoxy) is 1. The van der Waals surface area contributed by atoms with Gasteiger partial charge in [0.25, 0.3) is 0 Å². The summed E-state index contributed by atoms with van der Waals surface area (Å²) in [7, 11) is 2.00. The van der Waals surface area contributed by atoms with Gasteiger partial charge in [-0.05, 0) is 43.5 Å². The predicted octanol–water partition coefficient (Wildman–Crippen LogP) is 3.03. The molecule has 0 spiro atoms. The Morgan fingerprint density at radius 3 is 3.06 bits per heavy atom. The van der Waals surface area contributed by atoms with Crippen LogP contribution in [0.5, 0.6) is 0 Å². The summed E-state index contributed by atoms with van der Waals surface area (Å²) in [6.07, 6.45) is 2.30. The molecular weight excluding hydrogens is 222 g/mol. The molecule has 0 saturated carbocycles. The van der Waals surface area contributed by atoms with E-state index in [-0.39, 0.29) is 0 Å². The van der Waals surface area contributed by atoms with Crippen molar-refractivity contribution in [2.75, 3.05) is 20.3 Å². The number of benzene rings is 1. The molecule has 16 heavy (non-hydrogen) atoms. The average Bonchev–Trinajstić information content (AvgIpc) is 2.78. The molecule has 1 aromatic carbocycles. The Kier molecular flexibility index (Phi) is 4.22. The van der Waals surface area contributed by atoms with Crippen LogP contribution in [0.2, 0.25) is 5.02 Å². The Hall–Kier alpha value is -0.570. The van der Waals surface area contributed by atoms with E-state index in [0.29, 0.717) is 12.0 Å². The lowest BCUT2D eigenvalue weighted by molar-refractivity contribution is 0.181. The van der Waals surface area contributed by atoms with Crippen LogP contribution < -0.4 is 5.32 Å². The normalized spacial score (nSPS) is 22.2. The second kappa shape index (κ2) is 5.67. The standard InChI is InChI=1S/C13H18ClNO/c1-15-13(7-10-5-6-16-9-10)11-3-2-4-12(14)8-11/h2-4,8,10,13,15H,5-7,9H2,1H3. The largest absolute Gasteiger partial charge is 0.381 e. The van der Waals surface area contributed by atoms with Crippen molar-refractivity contribution in [3.63, 3.8) is 0 Å². The van der Waals surface area contributed by atoms with E-state index in [1.807, 2.05) is 25.2 Å². The zero-order chi connectivity index (χ0) is 11.4. The van der Waals surface area contributed by atoms with Gasteiger partial charge in [-0.2, -0.15) is 0 Å². The van der Waals surface area contributed by atoms with Gasteiger partial charge < -0.3 is 10.1 Å². The molecule has 1 aliphatic rings. The van der Waals surface area contributed by atoms with Crippen LogP contribution in [0.15, 0.2) is 24.3 Å². The molecule has 2 rings (SSSR count). The second-order valence-electron chi connectivity index (χ2n) is 4.36. The average molecular weight is 240 g/mol. The Bertz CT molecular complexity index is 336. The summed E-state index contributed by atoms with van der Waals surface area (Å²) < 4.78 is 5.41. The van der Waals surface area contributed by atoms with E-state index in [1.165, 1.54) is 12.0 Å². The first-order valence-electron chi connectivity index (χ1n) is 5.80. The Balaban J connectivity index is 2.03. The summed E-state index contributed by atoms with van der Waals surface area (Å²) in [5, 5.41) is 4.16. The van der Waals surface area contributed by atoms with Crippen LogP contribution in [-0.2, 0) is 4.74 Å². The Morgan fingerprint density at radius 1 is 1.56 bits per heavy atom. The Labute approximate surface area is 102 Å². The summed E-state index contributed by atoms with van der Waals surface area (Å²) in [6, 6.07) is 8.47. The molecule has 0 bridgehead atoms. The molecule has 0 aromatic heterocycles. The molecule has 1 saturated heterocycles.